The highest BCUT2D eigenvalue weighted by Crippen LogP contribution is 2.25. The summed E-state index contributed by atoms with van der Waals surface area (Å²) in [5, 5.41) is 4.14. The van der Waals surface area contributed by atoms with E-state index < -0.39 is 10.0 Å². The number of nitrogens with one attached hydrogen (secondary N) is 1. The zero-order valence-electron chi connectivity index (χ0n) is 17.3. The third kappa shape index (κ3) is 4.85. The number of rotatable bonds is 7. The Labute approximate surface area is 191 Å². The van der Waals surface area contributed by atoms with E-state index in [0.29, 0.717) is 16.3 Å². The van der Waals surface area contributed by atoms with Gasteiger partial charge in [0.2, 0.25) is 15.9 Å². The monoisotopic (exact) mass is 468 g/mol. The van der Waals surface area contributed by atoms with Crippen LogP contribution in [-0.2, 0) is 27.8 Å². The largest absolute Gasteiger partial charge is 0.464 e. The maximum atomic E-state index is 12.9. The maximum Gasteiger partial charge on any atom is 0.243 e. The van der Waals surface area contributed by atoms with Crippen LogP contribution in [0.3, 0.4) is 0 Å². The Bertz CT molecular complexity index is 1350. The van der Waals surface area contributed by atoms with Gasteiger partial charge in [-0.3, -0.25) is 4.79 Å². The Balaban J connectivity index is 1.42. The predicted octanol–water partition coefficient (Wildman–Crippen LogP) is 5.09. The third-order valence-electron chi connectivity index (χ3n) is 5.06. The molecule has 0 atom stereocenters. The summed E-state index contributed by atoms with van der Waals surface area (Å²) >= 11 is 6.04. The minimum Gasteiger partial charge on any atom is -0.464 e. The van der Waals surface area contributed by atoms with Crippen LogP contribution < -0.4 is 5.32 Å². The predicted molar refractivity (Wildman–Crippen MR) is 125 cm³/mol. The van der Waals surface area contributed by atoms with E-state index in [1.165, 1.54) is 16.4 Å². The average molecular weight is 469 g/mol. The van der Waals surface area contributed by atoms with Gasteiger partial charge in [-0.05, 0) is 48.0 Å². The van der Waals surface area contributed by atoms with Crippen LogP contribution in [0.15, 0.2) is 88.4 Å². The number of hydrogen-bond donors (Lipinski definition) is 1. The number of fused-ring (bicyclic) bond motifs is 1. The fourth-order valence-corrected chi connectivity index (χ4v) is 4.72. The van der Waals surface area contributed by atoms with E-state index in [1.54, 1.807) is 43.6 Å². The maximum absolute atomic E-state index is 12.9. The Hall–Kier alpha value is -3.13. The van der Waals surface area contributed by atoms with Gasteiger partial charge >= 0.3 is 0 Å². The second-order valence-electron chi connectivity index (χ2n) is 7.40. The van der Waals surface area contributed by atoms with Crippen LogP contribution in [0.4, 0.5) is 5.69 Å². The molecule has 0 radical (unpaired) electrons. The summed E-state index contributed by atoms with van der Waals surface area (Å²) in [6.45, 7) is 0.268. The first-order valence-electron chi connectivity index (χ1n) is 9.89. The second kappa shape index (κ2) is 9.16. The van der Waals surface area contributed by atoms with Crippen LogP contribution in [0, 0.1) is 0 Å². The van der Waals surface area contributed by atoms with Crippen molar-refractivity contribution in [1.82, 2.24) is 4.31 Å². The Kier molecular flexibility index (Phi) is 6.32. The lowest BCUT2D eigenvalue weighted by molar-refractivity contribution is -0.115. The van der Waals surface area contributed by atoms with Gasteiger partial charge in [-0.25, -0.2) is 8.42 Å². The number of furan rings is 1. The summed E-state index contributed by atoms with van der Waals surface area (Å²) in [5.41, 5.74) is 2.79. The summed E-state index contributed by atoms with van der Waals surface area (Å²) in [6, 6.07) is 20.7. The number of nitrogens with zero attached hydrogens (tertiary/aromatic N) is 1. The van der Waals surface area contributed by atoms with Crippen LogP contribution in [0.1, 0.15) is 11.1 Å². The van der Waals surface area contributed by atoms with Crippen LogP contribution in [0.2, 0.25) is 5.02 Å². The standard InChI is InChI=1S/C24H21ClN2O4S/c1-27(15-17-5-3-2-4-6-17)32(29,30)21-10-8-20(9-11-21)26-24(28)13-18-16-31-23-12-7-19(25)14-22(18)23/h2-12,14,16H,13,15H2,1H3,(H,26,28). The molecule has 1 N–H and O–H groups in total. The van der Waals surface area contributed by atoms with Crippen molar-refractivity contribution in [3.05, 3.63) is 95.2 Å². The van der Waals surface area contributed by atoms with Crippen LogP contribution in [0.5, 0.6) is 0 Å². The van der Waals surface area contributed by atoms with Crippen LogP contribution >= 0.6 is 11.6 Å². The number of carbonyl (C=O) groups is 1. The van der Waals surface area contributed by atoms with Crippen molar-refractivity contribution in [2.45, 2.75) is 17.9 Å². The topological polar surface area (TPSA) is 79.6 Å². The highest BCUT2D eigenvalue weighted by atomic mass is 35.5. The van der Waals surface area contributed by atoms with E-state index in [4.69, 9.17) is 16.0 Å². The van der Waals surface area contributed by atoms with Gasteiger partial charge in [-0.2, -0.15) is 4.31 Å². The fourth-order valence-electron chi connectivity index (χ4n) is 3.38. The summed E-state index contributed by atoms with van der Waals surface area (Å²) in [6.07, 6.45) is 1.64. The molecule has 1 aromatic heterocycles. The van der Waals surface area contributed by atoms with Crippen molar-refractivity contribution in [2.75, 3.05) is 12.4 Å². The van der Waals surface area contributed by atoms with Gasteiger partial charge in [0.1, 0.15) is 5.58 Å². The molecule has 4 rings (SSSR count). The molecule has 0 unspecified atom stereocenters. The molecule has 8 heteroatoms. The zero-order chi connectivity index (χ0) is 22.7. The van der Waals surface area contributed by atoms with Gasteiger partial charge in [0, 0.05) is 35.3 Å². The van der Waals surface area contributed by atoms with Crippen molar-refractivity contribution in [1.29, 1.82) is 0 Å². The summed E-state index contributed by atoms with van der Waals surface area (Å²) in [5.74, 6) is -0.246. The lowest BCUT2D eigenvalue weighted by Gasteiger charge is -2.17. The molecule has 3 aromatic carbocycles. The smallest absolute Gasteiger partial charge is 0.243 e. The molecule has 0 aliphatic heterocycles. The van der Waals surface area contributed by atoms with Crippen molar-refractivity contribution in [2.24, 2.45) is 0 Å². The molecule has 0 bridgehead atoms. The highest BCUT2D eigenvalue weighted by Gasteiger charge is 2.21. The minimum absolute atomic E-state index is 0.104. The Morgan fingerprint density at radius 1 is 1.03 bits per heavy atom. The lowest BCUT2D eigenvalue weighted by atomic mass is 10.1. The van der Waals surface area contributed by atoms with Crippen molar-refractivity contribution >= 4 is 44.2 Å². The number of carbonyl (C=O) groups excluding carboxylic acids is 1. The molecular weight excluding hydrogens is 448 g/mol. The summed E-state index contributed by atoms with van der Waals surface area (Å²) in [7, 11) is -2.11. The molecule has 0 saturated heterocycles. The van der Waals surface area contributed by atoms with E-state index in [0.717, 1.165) is 16.5 Å². The van der Waals surface area contributed by atoms with Gasteiger partial charge in [0.25, 0.3) is 0 Å². The number of anilines is 1. The number of halogens is 1. The Morgan fingerprint density at radius 2 is 1.75 bits per heavy atom. The van der Waals surface area contributed by atoms with Crippen molar-refractivity contribution < 1.29 is 17.6 Å². The number of sulfonamides is 1. The first-order chi connectivity index (χ1) is 15.3. The van der Waals surface area contributed by atoms with Crippen molar-refractivity contribution in [3.63, 3.8) is 0 Å². The molecule has 6 nitrogen and oxygen atoms in total. The van der Waals surface area contributed by atoms with Crippen LogP contribution in [-0.4, -0.2) is 25.7 Å². The van der Waals surface area contributed by atoms with E-state index in [-0.39, 0.29) is 23.8 Å². The first-order valence-corrected chi connectivity index (χ1v) is 11.7. The van der Waals surface area contributed by atoms with E-state index >= 15 is 0 Å². The van der Waals surface area contributed by atoms with Gasteiger partial charge in [-0.15, -0.1) is 0 Å². The first kappa shape index (κ1) is 22.1. The summed E-state index contributed by atoms with van der Waals surface area (Å²) < 4.78 is 32.5. The number of hydrogen-bond acceptors (Lipinski definition) is 4. The molecule has 0 spiro atoms. The zero-order valence-corrected chi connectivity index (χ0v) is 18.9. The van der Waals surface area contributed by atoms with Gasteiger partial charge in [0.05, 0.1) is 17.6 Å². The molecule has 0 aliphatic rings. The third-order valence-corrected chi connectivity index (χ3v) is 7.11. The molecule has 0 saturated carbocycles. The Morgan fingerprint density at radius 3 is 2.47 bits per heavy atom. The molecule has 1 heterocycles. The molecule has 164 valence electrons. The molecule has 0 fully saturated rings. The van der Waals surface area contributed by atoms with E-state index in [1.807, 2.05) is 30.3 Å². The normalized spacial score (nSPS) is 11.7. The van der Waals surface area contributed by atoms with E-state index in [9.17, 15) is 13.2 Å². The number of benzene rings is 3. The average Bonchev–Trinajstić information content (AvgIpc) is 3.16. The quantitative estimate of drug-likeness (QED) is 0.409. The fraction of sp³-hybridized carbons (Fsp3) is 0.125. The van der Waals surface area contributed by atoms with Crippen LogP contribution in [0.25, 0.3) is 11.0 Å². The molecule has 4 aromatic rings. The van der Waals surface area contributed by atoms with Crippen molar-refractivity contribution in [3.8, 4) is 0 Å². The molecule has 32 heavy (non-hydrogen) atoms. The lowest BCUT2D eigenvalue weighted by Crippen LogP contribution is -2.26. The van der Waals surface area contributed by atoms with Gasteiger partial charge < -0.3 is 9.73 Å². The number of amides is 1. The van der Waals surface area contributed by atoms with E-state index in [2.05, 4.69) is 5.32 Å². The van der Waals surface area contributed by atoms with Gasteiger partial charge in [0.15, 0.2) is 0 Å². The SMILES string of the molecule is CN(Cc1ccccc1)S(=O)(=O)c1ccc(NC(=O)Cc2coc3ccc(Cl)cc23)cc1. The molecular formula is C24H21ClN2O4S. The second-order valence-corrected chi connectivity index (χ2v) is 9.88. The molecule has 1 amide bonds. The summed E-state index contributed by atoms with van der Waals surface area (Å²) in [4.78, 5) is 12.6. The van der Waals surface area contributed by atoms with Gasteiger partial charge in [-0.1, -0.05) is 41.9 Å². The minimum atomic E-state index is -3.66. The highest BCUT2D eigenvalue weighted by molar-refractivity contribution is 7.89. The molecule has 0 aliphatic carbocycles.